The molecule has 1 aliphatic heterocycles. The topological polar surface area (TPSA) is 46.9 Å². The van der Waals surface area contributed by atoms with Crippen molar-refractivity contribution in [2.24, 2.45) is 0 Å². The number of likely N-dealkylation sites (N-methyl/N-ethyl adjacent to an activating group) is 2. The van der Waals surface area contributed by atoms with Crippen molar-refractivity contribution in [1.29, 1.82) is 0 Å². The molecule has 1 heterocycles. The fourth-order valence-corrected chi connectivity index (χ4v) is 2.94. The lowest BCUT2D eigenvalue weighted by molar-refractivity contribution is 0.141. The minimum absolute atomic E-state index is 0.0330. The number of phenols is 1. The van der Waals surface area contributed by atoms with Crippen LogP contribution < -0.4 is 0 Å². The van der Waals surface area contributed by atoms with Crippen molar-refractivity contribution in [3.8, 4) is 5.75 Å². The van der Waals surface area contributed by atoms with E-state index in [0.29, 0.717) is 5.75 Å². The summed E-state index contributed by atoms with van der Waals surface area (Å²) in [7, 11) is 0. The van der Waals surface area contributed by atoms with Crippen LogP contribution in [0.15, 0.2) is 12.1 Å². The highest BCUT2D eigenvalue weighted by Gasteiger charge is 2.34. The molecule has 0 radical (unpaired) electrons. The molecule has 1 saturated heterocycles. The van der Waals surface area contributed by atoms with Gasteiger partial charge in [-0.05, 0) is 31.1 Å². The van der Waals surface area contributed by atoms with E-state index in [4.69, 9.17) is 0 Å². The van der Waals surface area contributed by atoms with Crippen molar-refractivity contribution in [1.82, 2.24) is 9.80 Å². The van der Waals surface area contributed by atoms with Crippen LogP contribution in [0.25, 0.3) is 0 Å². The predicted octanol–water partition coefficient (Wildman–Crippen LogP) is 1.85. The van der Waals surface area contributed by atoms with E-state index in [9.17, 15) is 10.2 Å². The SMILES string of the molecule is CCN1CCN(CC)C1c1c(CO)ccc(C)c1O. The third kappa shape index (κ3) is 2.48. The number of aliphatic hydroxyl groups is 1. The Morgan fingerprint density at radius 2 is 1.74 bits per heavy atom. The number of aliphatic hydroxyl groups excluding tert-OH is 1. The summed E-state index contributed by atoms with van der Waals surface area (Å²) in [6.45, 7) is 10.0. The molecule has 0 bridgehead atoms. The van der Waals surface area contributed by atoms with Gasteiger partial charge in [-0.1, -0.05) is 26.0 Å². The summed E-state index contributed by atoms with van der Waals surface area (Å²) in [5.74, 6) is 0.329. The van der Waals surface area contributed by atoms with Crippen molar-refractivity contribution in [3.63, 3.8) is 0 Å². The van der Waals surface area contributed by atoms with Gasteiger partial charge in [-0.25, -0.2) is 0 Å². The molecule has 1 fully saturated rings. The first-order valence-electron chi connectivity index (χ1n) is 7.04. The van der Waals surface area contributed by atoms with Crippen LogP contribution in [0.1, 0.15) is 36.7 Å². The van der Waals surface area contributed by atoms with Crippen LogP contribution in [0.2, 0.25) is 0 Å². The van der Waals surface area contributed by atoms with E-state index in [1.54, 1.807) is 0 Å². The highest BCUT2D eigenvalue weighted by Crippen LogP contribution is 2.38. The molecule has 19 heavy (non-hydrogen) atoms. The highest BCUT2D eigenvalue weighted by atomic mass is 16.3. The maximum atomic E-state index is 10.4. The molecular weight excluding hydrogens is 240 g/mol. The number of aromatic hydroxyl groups is 1. The average Bonchev–Trinajstić information content (AvgIpc) is 2.84. The molecular formula is C15H24N2O2. The second-order valence-corrected chi connectivity index (χ2v) is 5.09. The van der Waals surface area contributed by atoms with E-state index in [1.807, 2.05) is 19.1 Å². The smallest absolute Gasteiger partial charge is 0.124 e. The highest BCUT2D eigenvalue weighted by molar-refractivity contribution is 5.47. The lowest BCUT2D eigenvalue weighted by Gasteiger charge is -2.31. The largest absolute Gasteiger partial charge is 0.507 e. The van der Waals surface area contributed by atoms with Crippen molar-refractivity contribution in [2.75, 3.05) is 26.2 Å². The van der Waals surface area contributed by atoms with Gasteiger partial charge in [0, 0.05) is 18.7 Å². The minimum atomic E-state index is -0.0330. The fourth-order valence-electron chi connectivity index (χ4n) is 2.94. The van der Waals surface area contributed by atoms with E-state index in [-0.39, 0.29) is 12.8 Å². The minimum Gasteiger partial charge on any atom is -0.507 e. The zero-order valence-corrected chi connectivity index (χ0v) is 12.1. The Bertz CT molecular complexity index is 436. The van der Waals surface area contributed by atoms with E-state index < -0.39 is 0 Å². The Kier molecular flexibility index (Phi) is 4.45. The third-order valence-electron chi connectivity index (χ3n) is 4.12. The molecule has 0 aliphatic carbocycles. The number of benzene rings is 1. The first kappa shape index (κ1) is 14.3. The molecule has 2 N–H and O–H groups in total. The summed E-state index contributed by atoms with van der Waals surface area (Å²) in [6, 6.07) is 3.79. The molecule has 1 aromatic rings. The average molecular weight is 264 g/mol. The number of hydrogen-bond donors (Lipinski definition) is 2. The Hall–Kier alpha value is -1.10. The quantitative estimate of drug-likeness (QED) is 0.871. The van der Waals surface area contributed by atoms with E-state index >= 15 is 0 Å². The number of hydrogen-bond acceptors (Lipinski definition) is 4. The normalized spacial score (nSPS) is 18.3. The molecule has 4 heteroatoms. The summed E-state index contributed by atoms with van der Waals surface area (Å²) in [5.41, 5.74) is 2.57. The van der Waals surface area contributed by atoms with Crippen molar-refractivity contribution in [3.05, 3.63) is 28.8 Å². The predicted molar refractivity (Wildman–Crippen MR) is 76.0 cm³/mol. The van der Waals surface area contributed by atoms with Gasteiger partial charge >= 0.3 is 0 Å². The second kappa shape index (κ2) is 5.90. The monoisotopic (exact) mass is 264 g/mol. The Morgan fingerprint density at radius 3 is 2.21 bits per heavy atom. The van der Waals surface area contributed by atoms with Crippen LogP contribution in [-0.2, 0) is 6.61 Å². The van der Waals surface area contributed by atoms with Gasteiger partial charge in [-0.3, -0.25) is 9.80 Å². The van der Waals surface area contributed by atoms with Crippen molar-refractivity contribution < 1.29 is 10.2 Å². The van der Waals surface area contributed by atoms with Crippen LogP contribution in [0.3, 0.4) is 0 Å². The standard InChI is InChI=1S/C15H24N2O2/c1-4-16-8-9-17(5-2)15(16)13-12(10-18)7-6-11(3)14(13)19/h6-7,15,18-19H,4-5,8-10H2,1-3H3. The maximum Gasteiger partial charge on any atom is 0.124 e. The van der Waals surface area contributed by atoms with E-state index in [2.05, 4.69) is 23.6 Å². The van der Waals surface area contributed by atoms with Crippen LogP contribution >= 0.6 is 0 Å². The Morgan fingerprint density at radius 1 is 1.16 bits per heavy atom. The van der Waals surface area contributed by atoms with Crippen molar-refractivity contribution in [2.45, 2.75) is 33.5 Å². The maximum absolute atomic E-state index is 10.4. The molecule has 0 saturated carbocycles. The summed E-state index contributed by atoms with van der Waals surface area (Å²) in [4.78, 5) is 4.69. The lowest BCUT2D eigenvalue weighted by Crippen LogP contribution is -2.31. The van der Waals surface area contributed by atoms with Gasteiger partial charge in [0.25, 0.3) is 0 Å². The van der Waals surface area contributed by atoms with Gasteiger partial charge in [0.15, 0.2) is 0 Å². The zero-order valence-electron chi connectivity index (χ0n) is 12.1. The van der Waals surface area contributed by atoms with E-state index in [0.717, 1.165) is 42.9 Å². The van der Waals surface area contributed by atoms with Crippen LogP contribution in [0.5, 0.6) is 5.75 Å². The van der Waals surface area contributed by atoms with Gasteiger partial charge in [0.1, 0.15) is 5.75 Å². The summed E-state index contributed by atoms with van der Waals surface area (Å²) in [5, 5.41) is 20.0. The molecule has 0 unspecified atom stereocenters. The summed E-state index contributed by atoms with van der Waals surface area (Å²) in [6.07, 6.45) is 0.0806. The molecule has 0 atom stereocenters. The molecule has 2 rings (SSSR count). The van der Waals surface area contributed by atoms with Gasteiger partial charge in [-0.15, -0.1) is 0 Å². The van der Waals surface area contributed by atoms with Gasteiger partial charge in [0.05, 0.1) is 12.8 Å². The molecule has 0 amide bonds. The number of phenolic OH excluding ortho intramolecular Hbond substituents is 1. The van der Waals surface area contributed by atoms with Crippen LogP contribution in [0, 0.1) is 6.92 Å². The molecule has 1 aliphatic rings. The number of nitrogens with zero attached hydrogens (tertiary/aromatic N) is 2. The van der Waals surface area contributed by atoms with Gasteiger partial charge < -0.3 is 10.2 Å². The van der Waals surface area contributed by atoms with Crippen molar-refractivity contribution >= 4 is 0 Å². The molecule has 4 nitrogen and oxygen atoms in total. The summed E-state index contributed by atoms with van der Waals surface area (Å²) < 4.78 is 0. The van der Waals surface area contributed by atoms with Gasteiger partial charge in [0.2, 0.25) is 0 Å². The Balaban J connectivity index is 2.51. The molecule has 0 aromatic heterocycles. The Labute approximate surface area is 115 Å². The summed E-state index contributed by atoms with van der Waals surface area (Å²) >= 11 is 0. The first-order valence-corrected chi connectivity index (χ1v) is 7.04. The third-order valence-corrected chi connectivity index (χ3v) is 4.12. The van der Waals surface area contributed by atoms with Crippen LogP contribution in [0.4, 0.5) is 0 Å². The second-order valence-electron chi connectivity index (χ2n) is 5.09. The first-order chi connectivity index (χ1) is 9.13. The molecule has 1 aromatic carbocycles. The van der Waals surface area contributed by atoms with Gasteiger partial charge in [-0.2, -0.15) is 0 Å². The van der Waals surface area contributed by atoms with Crippen LogP contribution in [-0.4, -0.2) is 46.2 Å². The molecule has 0 spiro atoms. The number of rotatable bonds is 4. The zero-order chi connectivity index (χ0) is 14.0. The fraction of sp³-hybridized carbons (Fsp3) is 0.600. The lowest BCUT2D eigenvalue weighted by atomic mass is 9.99. The molecule has 106 valence electrons. The number of aryl methyl sites for hydroxylation is 1. The van der Waals surface area contributed by atoms with E-state index in [1.165, 1.54) is 0 Å².